The Kier molecular flexibility index (Phi) is 3.87. The summed E-state index contributed by atoms with van der Waals surface area (Å²) < 4.78 is 1.80. The highest BCUT2D eigenvalue weighted by atomic mass is 35.5. The maximum absolute atomic E-state index is 6.19. The molecule has 1 aromatic carbocycles. The van der Waals surface area contributed by atoms with Crippen molar-refractivity contribution in [2.24, 2.45) is 0 Å². The van der Waals surface area contributed by atoms with E-state index < -0.39 is 0 Å². The van der Waals surface area contributed by atoms with Gasteiger partial charge < -0.3 is 4.90 Å². The highest BCUT2D eigenvalue weighted by Gasteiger charge is 2.12. The Balaban J connectivity index is 1.79. The summed E-state index contributed by atoms with van der Waals surface area (Å²) in [7, 11) is 0. The van der Waals surface area contributed by atoms with Gasteiger partial charge in [-0.15, -0.1) is 0 Å². The van der Waals surface area contributed by atoms with Crippen LogP contribution in [0.4, 0.5) is 5.69 Å². The lowest BCUT2D eigenvalue weighted by molar-refractivity contribution is 0.349. The van der Waals surface area contributed by atoms with Gasteiger partial charge in [0.2, 0.25) is 0 Å². The molecule has 1 heterocycles. The van der Waals surface area contributed by atoms with Crippen LogP contribution >= 0.6 is 11.8 Å². The van der Waals surface area contributed by atoms with Crippen LogP contribution in [0.25, 0.3) is 0 Å². The molecule has 0 radical (unpaired) electrons. The van der Waals surface area contributed by atoms with E-state index in [0.717, 1.165) is 18.8 Å². The second-order valence-electron chi connectivity index (χ2n) is 3.97. The fourth-order valence-corrected chi connectivity index (χ4v) is 2.14. The normalized spacial score (nSPS) is 16.9. The molecule has 0 aromatic heterocycles. The molecule has 1 fully saturated rings. The van der Waals surface area contributed by atoms with E-state index in [4.69, 9.17) is 11.8 Å². The van der Waals surface area contributed by atoms with Crippen molar-refractivity contribution in [1.29, 1.82) is 0 Å². The molecule has 2 rings (SSSR count). The zero-order valence-corrected chi connectivity index (χ0v) is 9.66. The SMILES string of the molecule is ClN(CCN1CCCC1)c1ccccc1. The first kappa shape index (κ1) is 10.8. The van der Waals surface area contributed by atoms with Crippen LogP contribution in [0.3, 0.4) is 0 Å². The molecule has 0 unspecified atom stereocenters. The summed E-state index contributed by atoms with van der Waals surface area (Å²) in [4.78, 5) is 2.47. The summed E-state index contributed by atoms with van der Waals surface area (Å²) in [6.45, 7) is 4.43. The third-order valence-corrected chi connectivity index (χ3v) is 3.21. The van der Waals surface area contributed by atoms with Gasteiger partial charge in [-0.1, -0.05) is 18.2 Å². The molecule has 82 valence electrons. The van der Waals surface area contributed by atoms with Gasteiger partial charge in [0.15, 0.2) is 0 Å². The molecule has 1 aliphatic rings. The first-order valence-electron chi connectivity index (χ1n) is 5.57. The Morgan fingerprint density at radius 3 is 2.47 bits per heavy atom. The van der Waals surface area contributed by atoms with Gasteiger partial charge in [0.25, 0.3) is 0 Å². The summed E-state index contributed by atoms with van der Waals surface area (Å²) in [5.74, 6) is 0. The van der Waals surface area contributed by atoms with Crippen molar-refractivity contribution in [3.05, 3.63) is 30.3 Å². The van der Waals surface area contributed by atoms with Crippen molar-refractivity contribution >= 4 is 17.5 Å². The fourth-order valence-electron chi connectivity index (χ4n) is 1.95. The highest BCUT2D eigenvalue weighted by Crippen LogP contribution is 2.15. The number of likely N-dealkylation sites (tertiary alicyclic amines) is 1. The maximum Gasteiger partial charge on any atom is 0.0523 e. The molecule has 0 aliphatic carbocycles. The largest absolute Gasteiger partial charge is 0.302 e. The number of rotatable bonds is 4. The van der Waals surface area contributed by atoms with Gasteiger partial charge in [-0.25, -0.2) is 0 Å². The second kappa shape index (κ2) is 5.38. The lowest BCUT2D eigenvalue weighted by atomic mass is 10.3. The van der Waals surface area contributed by atoms with Crippen LogP contribution in [0.1, 0.15) is 12.8 Å². The molecule has 0 spiro atoms. The van der Waals surface area contributed by atoms with Gasteiger partial charge in [0.05, 0.1) is 5.69 Å². The molecular weight excluding hydrogens is 208 g/mol. The van der Waals surface area contributed by atoms with E-state index in [1.54, 1.807) is 4.42 Å². The minimum Gasteiger partial charge on any atom is -0.302 e. The van der Waals surface area contributed by atoms with Gasteiger partial charge in [0.1, 0.15) is 0 Å². The Morgan fingerprint density at radius 2 is 1.80 bits per heavy atom. The molecule has 1 aromatic rings. The molecular formula is C12H17ClN2. The van der Waals surface area contributed by atoms with E-state index in [-0.39, 0.29) is 0 Å². The van der Waals surface area contributed by atoms with Crippen LogP contribution in [0.2, 0.25) is 0 Å². The predicted octanol–water partition coefficient (Wildman–Crippen LogP) is 2.74. The van der Waals surface area contributed by atoms with E-state index in [0.29, 0.717) is 0 Å². The van der Waals surface area contributed by atoms with Crippen LogP contribution in [0, 0.1) is 0 Å². The molecule has 3 heteroatoms. The lowest BCUT2D eigenvalue weighted by Crippen LogP contribution is -2.28. The lowest BCUT2D eigenvalue weighted by Gasteiger charge is -2.20. The summed E-state index contributed by atoms with van der Waals surface area (Å²) >= 11 is 6.19. The minimum atomic E-state index is 0.894. The van der Waals surface area contributed by atoms with Crippen LogP contribution in [-0.2, 0) is 0 Å². The van der Waals surface area contributed by atoms with Crippen molar-refractivity contribution in [3.8, 4) is 0 Å². The molecule has 0 bridgehead atoms. The molecule has 0 atom stereocenters. The summed E-state index contributed by atoms with van der Waals surface area (Å²) in [6, 6.07) is 10.1. The van der Waals surface area contributed by atoms with E-state index >= 15 is 0 Å². The Hall–Kier alpha value is -0.730. The van der Waals surface area contributed by atoms with E-state index in [1.807, 2.05) is 30.3 Å². The number of hydrogen-bond donors (Lipinski definition) is 0. The first-order chi connectivity index (χ1) is 7.36. The topological polar surface area (TPSA) is 6.48 Å². The zero-order chi connectivity index (χ0) is 10.5. The van der Waals surface area contributed by atoms with E-state index in [2.05, 4.69) is 4.90 Å². The Bertz CT molecular complexity index is 283. The van der Waals surface area contributed by atoms with Crippen LogP contribution < -0.4 is 4.42 Å². The van der Waals surface area contributed by atoms with Gasteiger partial charge in [-0.3, -0.25) is 4.42 Å². The average molecular weight is 225 g/mol. The monoisotopic (exact) mass is 224 g/mol. The highest BCUT2D eigenvalue weighted by molar-refractivity contribution is 6.25. The number of hydrogen-bond acceptors (Lipinski definition) is 2. The first-order valence-corrected chi connectivity index (χ1v) is 5.91. The summed E-state index contributed by atoms with van der Waals surface area (Å²) in [5, 5.41) is 0. The molecule has 15 heavy (non-hydrogen) atoms. The Morgan fingerprint density at radius 1 is 1.13 bits per heavy atom. The molecule has 0 saturated carbocycles. The maximum atomic E-state index is 6.19. The molecule has 1 saturated heterocycles. The third kappa shape index (κ3) is 3.11. The molecule has 1 aliphatic heterocycles. The van der Waals surface area contributed by atoms with Crippen molar-refractivity contribution in [3.63, 3.8) is 0 Å². The number of para-hydroxylation sites is 1. The third-order valence-electron chi connectivity index (χ3n) is 2.85. The number of halogens is 1. The standard InChI is InChI=1S/C12H17ClN2/c13-15(12-6-2-1-3-7-12)11-10-14-8-4-5-9-14/h1-3,6-7H,4-5,8-11H2. The predicted molar refractivity (Wildman–Crippen MR) is 65.3 cm³/mol. The zero-order valence-electron chi connectivity index (χ0n) is 8.90. The van der Waals surface area contributed by atoms with Gasteiger partial charge in [-0.05, 0) is 38.1 Å². The van der Waals surface area contributed by atoms with Gasteiger partial charge >= 0.3 is 0 Å². The van der Waals surface area contributed by atoms with Crippen molar-refractivity contribution in [2.45, 2.75) is 12.8 Å². The number of anilines is 1. The van der Waals surface area contributed by atoms with Crippen molar-refractivity contribution in [1.82, 2.24) is 4.90 Å². The summed E-state index contributed by atoms with van der Waals surface area (Å²) in [5.41, 5.74) is 1.08. The molecule has 0 amide bonds. The van der Waals surface area contributed by atoms with Crippen LogP contribution in [-0.4, -0.2) is 31.1 Å². The smallest absolute Gasteiger partial charge is 0.0523 e. The molecule has 2 nitrogen and oxygen atoms in total. The summed E-state index contributed by atoms with van der Waals surface area (Å²) in [6.07, 6.45) is 2.68. The van der Waals surface area contributed by atoms with Crippen LogP contribution in [0.15, 0.2) is 30.3 Å². The van der Waals surface area contributed by atoms with Crippen molar-refractivity contribution in [2.75, 3.05) is 30.6 Å². The molecule has 0 N–H and O–H groups in total. The van der Waals surface area contributed by atoms with Crippen molar-refractivity contribution < 1.29 is 0 Å². The second-order valence-corrected chi connectivity index (χ2v) is 4.38. The minimum absolute atomic E-state index is 0.894. The van der Waals surface area contributed by atoms with Gasteiger partial charge in [-0.2, -0.15) is 0 Å². The fraction of sp³-hybridized carbons (Fsp3) is 0.500. The van der Waals surface area contributed by atoms with Crippen LogP contribution in [0.5, 0.6) is 0 Å². The number of nitrogens with zero attached hydrogens (tertiary/aromatic N) is 2. The van der Waals surface area contributed by atoms with E-state index in [9.17, 15) is 0 Å². The number of benzene rings is 1. The average Bonchev–Trinajstić information content (AvgIpc) is 2.80. The van der Waals surface area contributed by atoms with Gasteiger partial charge in [0, 0.05) is 24.9 Å². The quantitative estimate of drug-likeness (QED) is 0.726. The Labute approximate surface area is 96.5 Å². The van der Waals surface area contributed by atoms with E-state index in [1.165, 1.54) is 25.9 Å².